The van der Waals surface area contributed by atoms with Gasteiger partial charge in [-0.05, 0) is 42.3 Å². The van der Waals surface area contributed by atoms with Crippen LogP contribution in [-0.2, 0) is 19.3 Å². The highest BCUT2D eigenvalue weighted by atomic mass is 19.4. The summed E-state index contributed by atoms with van der Waals surface area (Å²) < 4.78 is 58.2. The summed E-state index contributed by atoms with van der Waals surface area (Å²) in [6, 6.07) is 13.1. The molecule has 176 valence electrons. The zero-order valence-corrected chi connectivity index (χ0v) is 18.9. The van der Waals surface area contributed by atoms with Gasteiger partial charge in [-0.15, -0.1) is 0 Å². The largest absolute Gasteiger partial charge is 0.493 e. The Bertz CT molecular complexity index is 1090. The third-order valence-electron chi connectivity index (χ3n) is 6.07. The number of benzene rings is 2. The number of aryl methyl sites for hydroxylation is 1. The SMILES string of the molecule is COc1ccc(CN2CCCn3cccc3[C@H]2c2ccc(C(F)(F)F)cc2)c(OC)c1OC. The van der Waals surface area contributed by atoms with Crippen molar-refractivity contribution in [1.82, 2.24) is 9.47 Å². The van der Waals surface area contributed by atoms with Crippen LogP contribution < -0.4 is 14.2 Å². The lowest BCUT2D eigenvalue weighted by Crippen LogP contribution is -2.29. The summed E-state index contributed by atoms with van der Waals surface area (Å²) in [6.45, 7) is 2.14. The van der Waals surface area contributed by atoms with Crippen LogP contribution in [0.5, 0.6) is 17.2 Å². The highest BCUT2D eigenvalue weighted by Crippen LogP contribution is 2.42. The van der Waals surface area contributed by atoms with E-state index in [-0.39, 0.29) is 6.04 Å². The summed E-state index contributed by atoms with van der Waals surface area (Å²) >= 11 is 0. The molecule has 2 aromatic carbocycles. The van der Waals surface area contributed by atoms with Crippen molar-refractivity contribution >= 4 is 0 Å². The van der Waals surface area contributed by atoms with Crippen molar-refractivity contribution in [3.8, 4) is 17.2 Å². The van der Waals surface area contributed by atoms with E-state index in [1.54, 1.807) is 33.5 Å². The molecule has 0 fully saturated rings. The number of nitrogens with zero attached hydrogens (tertiary/aromatic N) is 2. The van der Waals surface area contributed by atoms with Crippen molar-refractivity contribution in [2.75, 3.05) is 27.9 Å². The zero-order chi connectivity index (χ0) is 23.6. The highest BCUT2D eigenvalue weighted by Gasteiger charge is 2.32. The van der Waals surface area contributed by atoms with Crippen LogP contribution >= 0.6 is 0 Å². The summed E-state index contributed by atoms with van der Waals surface area (Å²) in [5, 5.41) is 0. The highest BCUT2D eigenvalue weighted by molar-refractivity contribution is 5.55. The Kier molecular flexibility index (Phi) is 6.56. The normalized spacial score (nSPS) is 16.7. The Hall–Kier alpha value is -3.13. The number of alkyl halides is 3. The van der Waals surface area contributed by atoms with Crippen LogP contribution in [0.4, 0.5) is 13.2 Å². The van der Waals surface area contributed by atoms with Gasteiger partial charge in [-0.25, -0.2) is 0 Å². The van der Waals surface area contributed by atoms with Crippen molar-refractivity contribution in [2.24, 2.45) is 0 Å². The first-order valence-corrected chi connectivity index (χ1v) is 10.7. The van der Waals surface area contributed by atoms with E-state index in [9.17, 15) is 13.2 Å². The van der Waals surface area contributed by atoms with Crippen molar-refractivity contribution < 1.29 is 27.4 Å². The molecular formula is C25H27F3N2O3. The van der Waals surface area contributed by atoms with Crippen LogP contribution in [-0.4, -0.2) is 37.3 Å². The minimum atomic E-state index is -4.37. The quantitative estimate of drug-likeness (QED) is 0.485. The first-order chi connectivity index (χ1) is 15.9. The van der Waals surface area contributed by atoms with E-state index in [2.05, 4.69) is 9.47 Å². The zero-order valence-electron chi connectivity index (χ0n) is 18.9. The van der Waals surface area contributed by atoms with Gasteiger partial charge in [0.15, 0.2) is 11.5 Å². The predicted molar refractivity (Wildman–Crippen MR) is 119 cm³/mol. The van der Waals surface area contributed by atoms with Crippen molar-refractivity contribution in [2.45, 2.75) is 31.7 Å². The summed E-state index contributed by atoms with van der Waals surface area (Å²) in [7, 11) is 4.72. The average Bonchev–Trinajstić information content (AvgIpc) is 3.19. The Balaban J connectivity index is 1.75. The van der Waals surface area contributed by atoms with Gasteiger partial charge in [0.1, 0.15) is 0 Å². The number of ether oxygens (including phenoxy) is 3. The van der Waals surface area contributed by atoms with E-state index in [0.717, 1.165) is 48.5 Å². The molecule has 0 radical (unpaired) electrons. The molecule has 0 aliphatic carbocycles. The van der Waals surface area contributed by atoms with E-state index < -0.39 is 11.7 Å². The van der Waals surface area contributed by atoms with Gasteiger partial charge in [0, 0.05) is 37.1 Å². The minimum absolute atomic E-state index is 0.206. The lowest BCUT2D eigenvalue weighted by atomic mass is 9.99. The molecule has 2 heterocycles. The summed E-state index contributed by atoms with van der Waals surface area (Å²) in [4.78, 5) is 2.27. The monoisotopic (exact) mass is 460 g/mol. The molecule has 5 nitrogen and oxygen atoms in total. The summed E-state index contributed by atoms with van der Waals surface area (Å²) in [6.07, 6.45) is -1.43. The lowest BCUT2D eigenvalue weighted by molar-refractivity contribution is -0.137. The van der Waals surface area contributed by atoms with Gasteiger partial charge in [-0.1, -0.05) is 18.2 Å². The molecule has 8 heteroatoms. The van der Waals surface area contributed by atoms with Gasteiger partial charge in [0.2, 0.25) is 5.75 Å². The van der Waals surface area contributed by atoms with Crippen molar-refractivity contribution in [3.05, 3.63) is 77.1 Å². The molecule has 0 N–H and O–H groups in total. The molecule has 0 amide bonds. The molecule has 1 aliphatic heterocycles. The van der Waals surface area contributed by atoms with Crippen LogP contribution in [0.15, 0.2) is 54.7 Å². The van der Waals surface area contributed by atoms with E-state index in [4.69, 9.17) is 14.2 Å². The standard InChI is InChI=1S/C25H27F3N2O3/c1-31-21-12-9-18(23(32-2)24(21)33-3)16-30-15-5-14-29-13-4-6-20(29)22(30)17-7-10-19(11-8-17)25(26,27)28/h4,6-13,22H,5,14-16H2,1-3H3/t22-/m1/s1. The molecule has 4 rings (SSSR count). The van der Waals surface area contributed by atoms with E-state index >= 15 is 0 Å². The van der Waals surface area contributed by atoms with Gasteiger partial charge in [0.25, 0.3) is 0 Å². The molecule has 3 aromatic rings. The number of fused-ring (bicyclic) bond motifs is 1. The Morgan fingerprint density at radius 1 is 0.879 bits per heavy atom. The van der Waals surface area contributed by atoms with Crippen LogP contribution in [0.25, 0.3) is 0 Å². The van der Waals surface area contributed by atoms with Crippen LogP contribution in [0, 0.1) is 0 Å². The van der Waals surface area contributed by atoms with Gasteiger partial charge >= 0.3 is 6.18 Å². The molecule has 0 unspecified atom stereocenters. The number of methoxy groups -OCH3 is 3. The van der Waals surface area contributed by atoms with Crippen molar-refractivity contribution in [3.63, 3.8) is 0 Å². The molecular weight excluding hydrogens is 433 g/mol. The fraction of sp³-hybridized carbons (Fsp3) is 0.360. The van der Waals surface area contributed by atoms with Gasteiger partial charge < -0.3 is 18.8 Å². The molecule has 1 atom stereocenters. The van der Waals surface area contributed by atoms with Gasteiger partial charge in [-0.2, -0.15) is 13.2 Å². The second-order valence-corrected chi connectivity index (χ2v) is 7.97. The lowest BCUT2D eigenvalue weighted by Gasteiger charge is -2.31. The molecule has 0 bridgehead atoms. The van der Waals surface area contributed by atoms with Crippen LogP contribution in [0.2, 0.25) is 0 Å². The molecule has 0 saturated heterocycles. The molecule has 33 heavy (non-hydrogen) atoms. The number of hydrogen-bond acceptors (Lipinski definition) is 4. The van der Waals surface area contributed by atoms with Gasteiger partial charge in [-0.3, -0.25) is 4.90 Å². The minimum Gasteiger partial charge on any atom is -0.493 e. The van der Waals surface area contributed by atoms with Crippen LogP contribution in [0.3, 0.4) is 0 Å². The number of halogens is 3. The Morgan fingerprint density at radius 2 is 1.61 bits per heavy atom. The summed E-state index contributed by atoms with van der Waals surface area (Å²) in [5.74, 6) is 1.67. The predicted octanol–water partition coefficient (Wildman–Crippen LogP) is 5.53. The number of rotatable bonds is 6. The molecule has 1 aliphatic rings. The maximum atomic E-state index is 13.1. The summed E-state index contributed by atoms with van der Waals surface area (Å²) in [5.41, 5.74) is 2.12. The van der Waals surface area contributed by atoms with Crippen LogP contribution in [0.1, 0.15) is 34.8 Å². The topological polar surface area (TPSA) is 35.9 Å². The fourth-order valence-electron chi connectivity index (χ4n) is 4.55. The smallest absolute Gasteiger partial charge is 0.416 e. The van der Waals surface area contributed by atoms with Crippen molar-refractivity contribution in [1.29, 1.82) is 0 Å². The molecule has 0 saturated carbocycles. The fourth-order valence-corrected chi connectivity index (χ4v) is 4.55. The van der Waals surface area contributed by atoms with Gasteiger partial charge in [0.05, 0.1) is 32.9 Å². The second-order valence-electron chi connectivity index (χ2n) is 7.97. The third kappa shape index (κ3) is 4.53. The van der Waals surface area contributed by atoms with E-state index in [1.165, 1.54) is 0 Å². The second kappa shape index (κ2) is 9.39. The first-order valence-electron chi connectivity index (χ1n) is 10.7. The molecule has 0 spiro atoms. The van der Waals surface area contributed by atoms with E-state index in [0.29, 0.717) is 23.8 Å². The average molecular weight is 460 g/mol. The Morgan fingerprint density at radius 3 is 2.24 bits per heavy atom. The Labute approximate surface area is 191 Å². The maximum absolute atomic E-state index is 13.1. The maximum Gasteiger partial charge on any atom is 0.416 e. The number of hydrogen-bond donors (Lipinski definition) is 0. The molecule has 1 aromatic heterocycles. The third-order valence-corrected chi connectivity index (χ3v) is 6.07. The first kappa shape index (κ1) is 23.0. The number of aromatic nitrogens is 1. The van der Waals surface area contributed by atoms with E-state index in [1.807, 2.05) is 30.5 Å².